The zero-order chi connectivity index (χ0) is 36.7. The van der Waals surface area contributed by atoms with Crippen LogP contribution in [0.25, 0.3) is 116 Å². The number of benzene rings is 9. The standard InChI is InChI=1S/C51H30N4O/c1-2-14-33(15-3-1)49-52-50(37-23-22-31-12-4-5-16-34(31)26-37)54-51(53-49)42-29-38(30-46-48(42)40-20-10-11-21-45(40)56-46)55-43-25-24-32-13-8-9-19-39(32)47(43)41-27-35-17-6-7-18-36(35)28-44(41)55/h1-30H. The van der Waals surface area contributed by atoms with Gasteiger partial charge < -0.3 is 8.98 Å². The van der Waals surface area contributed by atoms with Gasteiger partial charge in [0.05, 0.1) is 16.7 Å². The summed E-state index contributed by atoms with van der Waals surface area (Å²) < 4.78 is 9.09. The van der Waals surface area contributed by atoms with E-state index < -0.39 is 0 Å². The molecule has 0 radical (unpaired) electrons. The predicted octanol–water partition coefficient (Wildman–Crippen LogP) is 13.3. The zero-order valence-electron chi connectivity index (χ0n) is 30.0. The lowest BCUT2D eigenvalue weighted by Crippen LogP contribution is -2.02. The van der Waals surface area contributed by atoms with Crippen molar-refractivity contribution in [2.45, 2.75) is 0 Å². The Hall–Kier alpha value is -7.63. The lowest BCUT2D eigenvalue weighted by Gasteiger charge is -2.13. The minimum absolute atomic E-state index is 0.581. The quantitative estimate of drug-likeness (QED) is 0.182. The molecule has 3 heterocycles. The summed E-state index contributed by atoms with van der Waals surface area (Å²) in [6.45, 7) is 0. The van der Waals surface area contributed by atoms with Crippen molar-refractivity contribution in [3.63, 3.8) is 0 Å². The molecule has 56 heavy (non-hydrogen) atoms. The van der Waals surface area contributed by atoms with Crippen molar-refractivity contribution in [1.29, 1.82) is 0 Å². The molecule has 0 atom stereocenters. The molecule has 3 aromatic heterocycles. The average Bonchev–Trinajstić information content (AvgIpc) is 3.80. The van der Waals surface area contributed by atoms with Crippen LogP contribution in [0.2, 0.25) is 0 Å². The van der Waals surface area contributed by atoms with Gasteiger partial charge in [-0.25, -0.2) is 15.0 Å². The Morgan fingerprint density at radius 3 is 1.80 bits per heavy atom. The van der Waals surface area contributed by atoms with Crippen LogP contribution in [0.15, 0.2) is 186 Å². The second-order valence-electron chi connectivity index (χ2n) is 14.4. The molecular formula is C51H30N4O. The van der Waals surface area contributed by atoms with Crippen molar-refractivity contribution < 1.29 is 4.42 Å². The predicted molar refractivity (Wildman–Crippen MR) is 230 cm³/mol. The highest BCUT2D eigenvalue weighted by Gasteiger charge is 2.22. The normalized spacial score (nSPS) is 11.9. The van der Waals surface area contributed by atoms with Gasteiger partial charge in [-0.2, -0.15) is 0 Å². The molecule has 0 N–H and O–H groups in total. The van der Waals surface area contributed by atoms with Crippen molar-refractivity contribution in [3.05, 3.63) is 182 Å². The first-order valence-corrected chi connectivity index (χ1v) is 18.8. The van der Waals surface area contributed by atoms with Crippen LogP contribution in [0.3, 0.4) is 0 Å². The second-order valence-corrected chi connectivity index (χ2v) is 14.4. The largest absolute Gasteiger partial charge is 0.456 e. The van der Waals surface area contributed by atoms with Gasteiger partial charge in [0.25, 0.3) is 0 Å². The van der Waals surface area contributed by atoms with Crippen molar-refractivity contribution in [1.82, 2.24) is 19.5 Å². The van der Waals surface area contributed by atoms with E-state index in [-0.39, 0.29) is 0 Å². The summed E-state index contributed by atoms with van der Waals surface area (Å²) in [6, 6.07) is 63.9. The van der Waals surface area contributed by atoms with E-state index >= 15 is 0 Å². The summed E-state index contributed by atoms with van der Waals surface area (Å²) in [5.74, 6) is 1.80. The van der Waals surface area contributed by atoms with Crippen LogP contribution in [0.1, 0.15) is 0 Å². The molecule has 0 fully saturated rings. The van der Waals surface area contributed by atoms with E-state index in [1.807, 2.05) is 30.3 Å². The topological polar surface area (TPSA) is 56.7 Å². The molecule has 12 rings (SSSR count). The maximum absolute atomic E-state index is 6.71. The van der Waals surface area contributed by atoms with E-state index in [4.69, 9.17) is 19.4 Å². The number of rotatable bonds is 4. The smallest absolute Gasteiger partial charge is 0.164 e. The number of hydrogen-bond acceptors (Lipinski definition) is 4. The lowest BCUT2D eigenvalue weighted by atomic mass is 10.0. The van der Waals surface area contributed by atoms with Crippen LogP contribution in [0.5, 0.6) is 0 Å². The summed E-state index contributed by atoms with van der Waals surface area (Å²) in [7, 11) is 0. The van der Waals surface area contributed by atoms with Gasteiger partial charge in [-0.1, -0.05) is 140 Å². The molecule has 0 saturated heterocycles. The van der Waals surface area contributed by atoms with E-state index in [2.05, 4.69) is 156 Å². The third-order valence-electron chi connectivity index (χ3n) is 11.2. The Morgan fingerprint density at radius 1 is 0.357 bits per heavy atom. The van der Waals surface area contributed by atoms with Gasteiger partial charge in [0, 0.05) is 44.3 Å². The molecule has 5 nitrogen and oxygen atoms in total. The van der Waals surface area contributed by atoms with Crippen LogP contribution in [0, 0.1) is 0 Å². The highest BCUT2D eigenvalue weighted by Crippen LogP contribution is 2.43. The maximum Gasteiger partial charge on any atom is 0.164 e. The molecule has 0 unspecified atom stereocenters. The third kappa shape index (κ3) is 4.71. The molecule has 9 aromatic carbocycles. The van der Waals surface area contributed by atoms with E-state index in [9.17, 15) is 0 Å². The molecule has 0 spiro atoms. The number of hydrogen-bond donors (Lipinski definition) is 0. The Balaban J connectivity index is 1.20. The molecule has 0 aliphatic rings. The van der Waals surface area contributed by atoms with Gasteiger partial charge in [-0.15, -0.1) is 0 Å². The average molecular weight is 715 g/mol. The lowest BCUT2D eigenvalue weighted by molar-refractivity contribution is 0.668. The second kappa shape index (κ2) is 11.9. The van der Waals surface area contributed by atoms with Gasteiger partial charge in [-0.05, 0) is 68.7 Å². The van der Waals surface area contributed by atoms with Crippen molar-refractivity contribution in [2.24, 2.45) is 0 Å². The van der Waals surface area contributed by atoms with Gasteiger partial charge in [0.2, 0.25) is 0 Å². The molecule has 0 saturated carbocycles. The Kier molecular flexibility index (Phi) is 6.56. The summed E-state index contributed by atoms with van der Waals surface area (Å²) >= 11 is 0. The zero-order valence-corrected chi connectivity index (χ0v) is 30.0. The summed E-state index contributed by atoms with van der Waals surface area (Å²) in [5, 5.41) is 11.5. The fourth-order valence-electron chi connectivity index (χ4n) is 8.57. The highest BCUT2D eigenvalue weighted by molar-refractivity contribution is 6.23. The minimum atomic E-state index is 0.581. The fourth-order valence-corrected chi connectivity index (χ4v) is 8.57. The summed E-state index contributed by atoms with van der Waals surface area (Å²) in [6.07, 6.45) is 0. The number of fused-ring (bicyclic) bond motifs is 10. The molecule has 12 aromatic rings. The van der Waals surface area contributed by atoms with Gasteiger partial charge >= 0.3 is 0 Å². The van der Waals surface area contributed by atoms with Crippen molar-refractivity contribution in [3.8, 4) is 39.9 Å². The third-order valence-corrected chi connectivity index (χ3v) is 11.2. The molecule has 260 valence electrons. The van der Waals surface area contributed by atoms with E-state index in [0.717, 1.165) is 60.7 Å². The van der Waals surface area contributed by atoms with Gasteiger partial charge in [0.1, 0.15) is 11.2 Å². The molecular weight excluding hydrogens is 685 g/mol. The first kappa shape index (κ1) is 30.8. The van der Waals surface area contributed by atoms with E-state index in [1.54, 1.807) is 0 Å². The molecule has 0 aliphatic carbocycles. The number of furan rings is 1. The van der Waals surface area contributed by atoms with Gasteiger partial charge in [-0.3, -0.25) is 0 Å². The summed E-state index contributed by atoms with van der Waals surface area (Å²) in [4.78, 5) is 15.7. The Bertz CT molecular complexity index is 3540. The molecule has 5 heteroatoms. The van der Waals surface area contributed by atoms with E-state index in [0.29, 0.717) is 17.5 Å². The van der Waals surface area contributed by atoms with Crippen LogP contribution in [-0.2, 0) is 0 Å². The first-order valence-electron chi connectivity index (χ1n) is 18.8. The Morgan fingerprint density at radius 2 is 0.982 bits per heavy atom. The van der Waals surface area contributed by atoms with Crippen LogP contribution < -0.4 is 0 Å². The maximum atomic E-state index is 6.71. The van der Waals surface area contributed by atoms with Crippen molar-refractivity contribution >= 4 is 76.1 Å². The van der Waals surface area contributed by atoms with Crippen LogP contribution in [-0.4, -0.2) is 19.5 Å². The Labute approximate surface area is 320 Å². The monoisotopic (exact) mass is 714 g/mol. The molecule has 0 amide bonds. The minimum Gasteiger partial charge on any atom is -0.456 e. The highest BCUT2D eigenvalue weighted by atomic mass is 16.3. The van der Waals surface area contributed by atoms with Crippen LogP contribution >= 0.6 is 0 Å². The molecule has 0 aliphatic heterocycles. The number of aromatic nitrogens is 4. The number of nitrogens with zero attached hydrogens (tertiary/aromatic N) is 4. The first-order chi connectivity index (χ1) is 27.7. The SMILES string of the molecule is c1ccc(-c2nc(-c3ccc4ccccc4c3)nc(-c3cc(-n4c5cc6ccccc6cc5c5c6ccccc6ccc54)cc4oc5ccccc5c34)n2)cc1. The van der Waals surface area contributed by atoms with Crippen LogP contribution in [0.4, 0.5) is 0 Å². The fraction of sp³-hybridized carbons (Fsp3) is 0. The van der Waals surface area contributed by atoms with Crippen molar-refractivity contribution in [2.75, 3.05) is 0 Å². The molecule has 0 bridgehead atoms. The number of para-hydroxylation sites is 1. The summed E-state index contributed by atoms with van der Waals surface area (Å²) in [5.41, 5.74) is 7.50. The van der Waals surface area contributed by atoms with E-state index in [1.165, 1.54) is 37.7 Å². The van der Waals surface area contributed by atoms with Gasteiger partial charge in [0.15, 0.2) is 17.5 Å².